The first-order chi connectivity index (χ1) is 11.1. The molecule has 3 heterocycles. The van der Waals surface area contributed by atoms with Crippen molar-refractivity contribution >= 4 is 11.0 Å². The van der Waals surface area contributed by atoms with Crippen LogP contribution in [0.2, 0.25) is 0 Å². The summed E-state index contributed by atoms with van der Waals surface area (Å²) in [7, 11) is 1.95. The van der Waals surface area contributed by atoms with Crippen molar-refractivity contribution in [2.24, 2.45) is 7.05 Å². The zero-order chi connectivity index (χ0) is 16.7. The summed E-state index contributed by atoms with van der Waals surface area (Å²) < 4.78 is 1.86. The molecule has 4 rings (SSSR count). The minimum atomic E-state index is 0.438. The van der Waals surface area contributed by atoms with Gasteiger partial charge >= 0.3 is 0 Å². The van der Waals surface area contributed by atoms with Crippen LogP contribution in [0, 0.1) is 6.92 Å². The molecule has 0 saturated heterocycles. The second-order valence-electron chi connectivity index (χ2n) is 6.01. The fourth-order valence-electron chi connectivity index (χ4n) is 3.56. The molecule has 120 valence electrons. The third kappa shape index (κ3) is 2.16. The second-order valence-corrected chi connectivity index (χ2v) is 6.01. The van der Waals surface area contributed by atoms with Crippen LogP contribution >= 0.6 is 0 Å². The van der Waals surface area contributed by atoms with Gasteiger partial charge in [0, 0.05) is 25.0 Å². The van der Waals surface area contributed by atoms with E-state index in [4.69, 9.17) is 0 Å². The lowest BCUT2D eigenvalue weighted by Gasteiger charge is -2.30. The predicted octanol–water partition coefficient (Wildman–Crippen LogP) is 4.59. The first-order valence-electron chi connectivity index (χ1n) is 8.37. The first kappa shape index (κ1) is 15.7. The van der Waals surface area contributed by atoms with Gasteiger partial charge in [-0.25, -0.2) is 4.98 Å². The van der Waals surface area contributed by atoms with Crippen molar-refractivity contribution in [3.05, 3.63) is 41.3 Å². The zero-order valence-electron chi connectivity index (χ0n) is 14.8. The van der Waals surface area contributed by atoms with Gasteiger partial charge in [-0.15, -0.1) is 0 Å². The Morgan fingerprint density at radius 1 is 1.04 bits per heavy atom. The van der Waals surface area contributed by atoms with Crippen molar-refractivity contribution in [3.63, 3.8) is 0 Å². The highest BCUT2D eigenvalue weighted by Gasteiger charge is 2.31. The van der Waals surface area contributed by atoms with E-state index in [1.54, 1.807) is 0 Å². The topological polar surface area (TPSA) is 43.6 Å². The lowest BCUT2D eigenvalue weighted by molar-refractivity contribution is 0.612. The number of aromatic nitrogens is 4. The standard InChI is InChI=1S/C17H18N4.C2H6/c1-9-10(2)13-8-19-17-14(11(3)20-21(17)4)15(13)16-12(9)6-5-7-18-16;1-2/h5-10H,1-4H3;1-2H3. The van der Waals surface area contributed by atoms with E-state index in [9.17, 15) is 0 Å². The van der Waals surface area contributed by atoms with Gasteiger partial charge in [0.1, 0.15) is 0 Å². The van der Waals surface area contributed by atoms with Gasteiger partial charge in [0.15, 0.2) is 5.65 Å². The molecule has 0 bridgehead atoms. The van der Waals surface area contributed by atoms with Gasteiger partial charge in [-0.1, -0.05) is 33.8 Å². The Kier molecular flexibility index (Phi) is 3.92. The molecular weight excluding hydrogens is 284 g/mol. The van der Waals surface area contributed by atoms with E-state index in [1.165, 1.54) is 16.7 Å². The van der Waals surface area contributed by atoms with Crippen molar-refractivity contribution in [2.75, 3.05) is 0 Å². The van der Waals surface area contributed by atoms with Gasteiger partial charge in [-0.3, -0.25) is 9.67 Å². The van der Waals surface area contributed by atoms with Crippen LogP contribution in [0.15, 0.2) is 24.5 Å². The molecule has 0 saturated carbocycles. The lowest BCUT2D eigenvalue weighted by atomic mass is 9.75. The van der Waals surface area contributed by atoms with E-state index in [0.29, 0.717) is 11.8 Å². The van der Waals surface area contributed by atoms with Crippen LogP contribution in [-0.2, 0) is 7.05 Å². The molecule has 3 aromatic heterocycles. The summed E-state index contributed by atoms with van der Waals surface area (Å²) in [5.41, 5.74) is 6.90. The normalized spacial score (nSPS) is 18.9. The van der Waals surface area contributed by atoms with Crippen molar-refractivity contribution in [2.45, 2.75) is 46.5 Å². The predicted molar refractivity (Wildman–Crippen MR) is 94.7 cm³/mol. The molecule has 2 atom stereocenters. The van der Waals surface area contributed by atoms with E-state index in [0.717, 1.165) is 22.4 Å². The van der Waals surface area contributed by atoms with Gasteiger partial charge in [0.05, 0.1) is 16.8 Å². The molecular formula is C19H24N4. The SMILES string of the molecule is CC.Cc1nn(C)c2ncc3c(c12)-c1ncccc1C(C)C3C. The smallest absolute Gasteiger partial charge is 0.158 e. The average Bonchev–Trinajstić information content (AvgIpc) is 2.88. The van der Waals surface area contributed by atoms with Gasteiger partial charge in [0.2, 0.25) is 0 Å². The zero-order valence-corrected chi connectivity index (χ0v) is 14.8. The Bertz CT molecular complexity index is 863. The maximum absolute atomic E-state index is 4.68. The van der Waals surface area contributed by atoms with Gasteiger partial charge in [0.25, 0.3) is 0 Å². The summed E-state index contributed by atoms with van der Waals surface area (Å²) in [6.45, 7) is 10.6. The summed E-state index contributed by atoms with van der Waals surface area (Å²) in [4.78, 5) is 9.33. The minimum absolute atomic E-state index is 0.438. The van der Waals surface area contributed by atoms with Crippen LogP contribution in [0.1, 0.15) is 56.4 Å². The Labute approximate surface area is 137 Å². The van der Waals surface area contributed by atoms with Crippen LogP contribution in [0.5, 0.6) is 0 Å². The van der Waals surface area contributed by atoms with Crippen molar-refractivity contribution in [3.8, 4) is 11.3 Å². The van der Waals surface area contributed by atoms with Crippen LogP contribution < -0.4 is 0 Å². The maximum Gasteiger partial charge on any atom is 0.158 e. The number of nitrogens with zero attached hydrogens (tertiary/aromatic N) is 4. The molecule has 4 nitrogen and oxygen atoms in total. The third-order valence-corrected chi connectivity index (χ3v) is 4.86. The van der Waals surface area contributed by atoms with E-state index in [1.807, 2.05) is 44.0 Å². The van der Waals surface area contributed by atoms with E-state index in [-0.39, 0.29) is 0 Å². The molecule has 0 aliphatic heterocycles. The van der Waals surface area contributed by atoms with Gasteiger partial charge in [-0.05, 0) is 36.0 Å². The summed E-state index contributed by atoms with van der Waals surface area (Å²) in [6, 6.07) is 4.23. The average molecular weight is 308 g/mol. The number of hydrogen-bond acceptors (Lipinski definition) is 3. The molecule has 1 aliphatic carbocycles. The van der Waals surface area contributed by atoms with Crippen LogP contribution in [0.25, 0.3) is 22.3 Å². The van der Waals surface area contributed by atoms with Crippen molar-refractivity contribution in [1.29, 1.82) is 0 Å². The number of aryl methyl sites for hydroxylation is 2. The van der Waals surface area contributed by atoms with Crippen LogP contribution in [-0.4, -0.2) is 19.7 Å². The molecule has 0 spiro atoms. The molecule has 0 radical (unpaired) electrons. The molecule has 2 unspecified atom stereocenters. The molecule has 4 heteroatoms. The first-order valence-corrected chi connectivity index (χ1v) is 8.37. The summed E-state index contributed by atoms with van der Waals surface area (Å²) in [5.74, 6) is 0.894. The second kappa shape index (κ2) is 5.76. The number of rotatable bonds is 0. The molecule has 0 amide bonds. The molecule has 1 aliphatic rings. The monoisotopic (exact) mass is 308 g/mol. The molecule has 23 heavy (non-hydrogen) atoms. The lowest BCUT2D eigenvalue weighted by Crippen LogP contribution is -2.15. The third-order valence-electron chi connectivity index (χ3n) is 4.86. The van der Waals surface area contributed by atoms with E-state index < -0.39 is 0 Å². The minimum Gasteiger partial charge on any atom is -0.256 e. The molecule has 0 fully saturated rings. The number of hydrogen-bond donors (Lipinski definition) is 0. The highest BCUT2D eigenvalue weighted by molar-refractivity contribution is 5.97. The van der Waals surface area contributed by atoms with E-state index >= 15 is 0 Å². The Hall–Kier alpha value is -2.23. The van der Waals surface area contributed by atoms with E-state index in [2.05, 4.69) is 41.9 Å². The van der Waals surface area contributed by atoms with Gasteiger partial charge in [-0.2, -0.15) is 5.10 Å². The van der Waals surface area contributed by atoms with Crippen molar-refractivity contribution in [1.82, 2.24) is 19.7 Å². The number of fused-ring (bicyclic) bond motifs is 5. The molecule has 3 aromatic rings. The fourth-order valence-corrected chi connectivity index (χ4v) is 3.56. The largest absolute Gasteiger partial charge is 0.256 e. The van der Waals surface area contributed by atoms with Crippen LogP contribution in [0.4, 0.5) is 0 Å². The summed E-state index contributed by atoms with van der Waals surface area (Å²) in [5, 5.41) is 5.69. The van der Waals surface area contributed by atoms with Crippen molar-refractivity contribution < 1.29 is 0 Å². The van der Waals surface area contributed by atoms with Crippen LogP contribution in [0.3, 0.4) is 0 Å². The molecule has 0 aromatic carbocycles. The Morgan fingerprint density at radius 2 is 1.74 bits per heavy atom. The highest BCUT2D eigenvalue weighted by Crippen LogP contribution is 2.47. The quantitative estimate of drug-likeness (QED) is 0.610. The Morgan fingerprint density at radius 3 is 2.48 bits per heavy atom. The summed E-state index contributed by atoms with van der Waals surface area (Å²) >= 11 is 0. The highest BCUT2D eigenvalue weighted by atomic mass is 15.3. The maximum atomic E-state index is 4.68. The van der Waals surface area contributed by atoms with Gasteiger partial charge < -0.3 is 0 Å². The molecule has 0 N–H and O–H groups in total. The number of pyridine rings is 2. The Balaban J connectivity index is 0.000000753. The summed E-state index contributed by atoms with van der Waals surface area (Å²) in [6.07, 6.45) is 3.89. The fraction of sp³-hybridized carbons (Fsp3) is 0.421.